The largest absolute Gasteiger partial charge is 0.174 e. The standard InChI is InChI=1S/C8H8N4S4/c1(3-13-7-11-9-5-15-7)2-4-14-8-12-10-6-16-8/h1-2,5-6H,3-4H2. The highest BCUT2D eigenvalue weighted by Crippen LogP contribution is 2.20. The number of rotatable bonds is 6. The summed E-state index contributed by atoms with van der Waals surface area (Å²) in [5, 5.41) is 15.5. The van der Waals surface area contributed by atoms with Gasteiger partial charge in [0, 0.05) is 11.5 Å². The molecule has 0 atom stereocenters. The molecule has 2 aromatic heterocycles. The Morgan fingerprint density at radius 1 is 0.938 bits per heavy atom. The second kappa shape index (κ2) is 7.00. The van der Waals surface area contributed by atoms with Gasteiger partial charge in [-0.3, -0.25) is 0 Å². The Morgan fingerprint density at radius 3 is 1.81 bits per heavy atom. The van der Waals surface area contributed by atoms with E-state index in [2.05, 4.69) is 32.5 Å². The van der Waals surface area contributed by atoms with Crippen LogP contribution in [0.4, 0.5) is 0 Å². The molecule has 0 saturated carbocycles. The summed E-state index contributed by atoms with van der Waals surface area (Å²) in [7, 11) is 0. The van der Waals surface area contributed by atoms with Crippen LogP contribution in [0.25, 0.3) is 0 Å². The van der Waals surface area contributed by atoms with Gasteiger partial charge in [0.25, 0.3) is 0 Å². The van der Waals surface area contributed by atoms with Gasteiger partial charge in [0.2, 0.25) is 0 Å². The van der Waals surface area contributed by atoms with Crippen LogP contribution in [0, 0.1) is 0 Å². The molecule has 0 saturated heterocycles. The minimum atomic E-state index is 0.936. The van der Waals surface area contributed by atoms with Gasteiger partial charge in [0.05, 0.1) is 0 Å². The minimum Gasteiger partial charge on any atom is -0.146 e. The van der Waals surface area contributed by atoms with E-state index in [0.717, 1.165) is 20.2 Å². The van der Waals surface area contributed by atoms with E-state index in [1.54, 1.807) is 57.2 Å². The molecule has 84 valence electrons. The lowest BCUT2D eigenvalue weighted by molar-refractivity contribution is 1.01. The van der Waals surface area contributed by atoms with Crippen molar-refractivity contribution in [3.8, 4) is 0 Å². The average molecular weight is 288 g/mol. The first kappa shape index (κ1) is 12.0. The monoisotopic (exact) mass is 288 g/mol. The number of nitrogens with zero attached hydrogens (tertiary/aromatic N) is 4. The third-order valence-electron chi connectivity index (χ3n) is 1.45. The maximum Gasteiger partial charge on any atom is 0.174 e. The van der Waals surface area contributed by atoms with Gasteiger partial charge in [0.1, 0.15) is 11.0 Å². The summed E-state index contributed by atoms with van der Waals surface area (Å²) in [6.07, 6.45) is 4.28. The predicted octanol–water partition coefficient (Wildman–Crippen LogP) is 2.83. The number of hydrogen-bond donors (Lipinski definition) is 0. The van der Waals surface area contributed by atoms with Crippen LogP contribution in [0.2, 0.25) is 0 Å². The van der Waals surface area contributed by atoms with Gasteiger partial charge in [-0.15, -0.1) is 20.4 Å². The van der Waals surface area contributed by atoms with Gasteiger partial charge in [-0.2, -0.15) is 0 Å². The molecule has 0 bridgehead atoms. The van der Waals surface area contributed by atoms with Crippen LogP contribution < -0.4 is 0 Å². The molecule has 0 spiro atoms. The Kier molecular flexibility index (Phi) is 5.26. The van der Waals surface area contributed by atoms with Crippen molar-refractivity contribution in [2.75, 3.05) is 11.5 Å². The second-order valence-electron chi connectivity index (χ2n) is 2.50. The molecule has 0 aromatic carbocycles. The third-order valence-corrected chi connectivity index (χ3v) is 5.08. The lowest BCUT2D eigenvalue weighted by Crippen LogP contribution is -1.76. The highest BCUT2D eigenvalue weighted by molar-refractivity contribution is 8.01. The first-order valence-electron chi connectivity index (χ1n) is 4.38. The van der Waals surface area contributed by atoms with Crippen molar-refractivity contribution in [3.63, 3.8) is 0 Å². The molecule has 0 radical (unpaired) electrons. The molecule has 8 heteroatoms. The van der Waals surface area contributed by atoms with Crippen molar-refractivity contribution < 1.29 is 0 Å². The van der Waals surface area contributed by atoms with Crippen LogP contribution in [0.1, 0.15) is 0 Å². The van der Waals surface area contributed by atoms with Crippen molar-refractivity contribution >= 4 is 46.2 Å². The Bertz CT molecular complexity index is 371. The molecule has 4 nitrogen and oxygen atoms in total. The Balaban J connectivity index is 1.59. The summed E-state index contributed by atoms with van der Waals surface area (Å²) >= 11 is 6.54. The van der Waals surface area contributed by atoms with Crippen LogP contribution in [0.3, 0.4) is 0 Å². The van der Waals surface area contributed by atoms with E-state index in [1.165, 1.54) is 0 Å². The zero-order valence-corrected chi connectivity index (χ0v) is 11.4. The highest BCUT2D eigenvalue weighted by atomic mass is 32.2. The van der Waals surface area contributed by atoms with Gasteiger partial charge in [-0.05, 0) is 0 Å². The molecule has 0 N–H and O–H groups in total. The molecular formula is C8H8N4S4. The van der Waals surface area contributed by atoms with Crippen LogP contribution in [-0.4, -0.2) is 31.9 Å². The average Bonchev–Trinajstić information content (AvgIpc) is 2.96. The number of thioether (sulfide) groups is 2. The number of hydrogen-bond acceptors (Lipinski definition) is 8. The molecule has 0 amide bonds. The molecular weight excluding hydrogens is 280 g/mol. The van der Waals surface area contributed by atoms with Gasteiger partial charge in [0.15, 0.2) is 8.68 Å². The second-order valence-corrected chi connectivity index (χ2v) is 6.70. The van der Waals surface area contributed by atoms with Crippen LogP contribution in [0.15, 0.2) is 31.9 Å². The van der Waals surface area contributed by atoms with E-state index in [9.17, 15) is 0 Å². The summed E-state index contributed by atoms with van der Waals surface area (Å²) in [6.45, 7) is 0. The quantitative estimate of drug-likeness (QED) is 0.602. The molecule has 0 aliphatic rings. The van der Waals surface area contributed by atoms with Gasteiger partial charge < -0.3 is 0 Å². The van der Waals surface area contributed by atoms with Crippen molar-refractivity contribution in [2.24, 2.45) is 0 Å². The molecule has 2 rings (SSSR count). The molecule has 16 heavy (non-hydrogen) atoms. The fraction of sp³-hybridized carbons (Fsp3) is 0.250. The van der Waals surface area contributed by atoms with Crippen LogP contribution >= 0.6 is 46.2 Å². The summed E-state index contributed by atoms with van der Waals surface area (Å²) in [5.74, 6) is 1.87. The zero-order valence-electron chi connectivity index (χ0n) is 8.15. The molecule has 2 heterocycles. The Labute approximate surface area is 110 Å². The van der Waals surface area contributed by atoms with Crippen molar-refractivity contribution in [2.45, 2.75) is 8.68 Å². The minimum absolute atomic E-state index is 0.936. The first-order chi connectivity index (χ1) is 7.95. The molecule has 2 aromatic rings. The fourth-order valence-electron chi connectivity index (χ4n) is 0.827. The van der Waals surface area contributed by atoms with E-state index >= 15 is 0 Å². The smallest absolute Gasteiger partial charge is 0.146 e. The number of aromatic nitrogens is 4. The Morgan fingerprint density at radius 2 is 1.44 bits per heavy atom. The van der Waals surface area contributed by atoms with Gasteiger partial charge in [-0.25, -0.2) is 0 Å². The highest BCUT2D eigenvalue weighted by Gasteiger charge is 1.95. The van der Waals surface area contributed by atoms with E-state index in [0.29, 0.717) is 0 Å². The summed E-state index contributed by atoms with van der Waals surface area (Å²) < 4.78 is 2.03. The Hall–Kier alpha value is -0.440. The molecule has 0 unspecified atom stereocenters. The van der Waals surface area contributed by atoms with Crippen molar-refractivity contribution in [1.29, 1.82) is 0 Å². The lowest BCUT2D eigenvalue weighted by atomic mass is 10.6. The topological polar surface area (TPSA) is 51.6 Å². The van der Waals surface area contributed by atoms with E-state index in [1.807, 2.05) is 0 Å². The molecule has 0 aliphatic carbocycles. The van der Waals surface area contributed by atoms with Crippen LogP contribution in [0.5, 0.6) is 0 Å². The van der Waals surface area contributed by atoms with Crippen molar-refractivity contribution in [1.82, 2.24) is 20.4 Å². The van der Waals surface area contributed by atoms with Crippen molar-refractivity contribution in [3.05, 3.63) is 23.2 Å². The van der Waals surface area contributed by atoms with E-state index in [-0.39, 0.29) is 0 Å². The summed E-state index contributed by atoms with van der Waals surface area (Å²) in [6, 6.07) is 0. The maximum absolute atomic E-state index is 3.95. The summed E-state index contributed by atoms with van der Waals surface area (Å²) in [4.78, 5) is 0. The fourth-order valence-corrected chi connectivity index (χ4v) is 3.55. The molecule has 0 aliphatic heterocycles. The normalized spacial score (nSPS) is 11.2. The summed E-state index contributed by atoms with van der Waals surface area (Å²) in [5.41, 5.74) is 3.49. The molecule has 0 fully saturated rings. The third kappa shape index (κ3) is 4.20. The SMILES string of the molecule is C(=CCSc1nncs1)CSc1nncs1. The lowest BCUT2D eigenvalue weighted by Gasteiger charge is -1.90. The predicted molar refractivity (Wildman–Crippen MR) is 70.4 cm³/mol. The van der Waals surface area contributed by atoms with Gasteiger partial charge in [-0.1, -0.05) is 58.3 Å². The van der Waals surface area contributed by atoms with E-state index in [4.69, 9.17) is 0 Å². The zero-order chi connectivity index (χ0) is 11.1. The van der Waals surface area contributed by atoms with Crippen LogP contribution in [-0.2, 0) is 0 Å². The first-order valence-corrected chi connectivity index (χ1v) is 8.11. The maximum atomic E-state index is 3.95. The van der Waals surface area contributed by atoms with E-state index < -0.39 is 0 Å². The van der Waals surface area contributed by atoms with Gasteiger partial charge >= 0.3 is 0 Å².